The number of nitrogens with two attached hydrogens (primary N) is 1. The van der Waals surface area contributed by atoms with Crippen molar-refractivity contribution in [2.24, 2.45) is 0 Å². The summed E-state index contributed by atoms with van der Waals surface area (Å²) >= 11 is 0. The molecule has 9 heteroatoms. The zero-order chi connectivity index (χ0) is 21.7. The average molecular weight is 414 g/mol. The molecule has 0 radical (unpaired) electrons. The van der Waals surface area contributed by atoms with Gasteiger partial charge in [-0.3, -0.25) is 9.59 Å². The van der Waals surface area contributed by atoms with E-state index in [0.29, 0.717) is 44.8 Å². The van der Waals surface area contributed by atoms with Gasteiger partial charge in [-0.1, -0.05) is 26.0 Å². The summed E-state index contributed by atoms with van der Waals surface area (Å²) in [6, 6.07) is 6.31. The molecule has 0 saturated carbocycles. The molecule has 1 amide bonds. The number of amides is 1. The minimum atomic E-state index is -0.403. The second kappa shape index (κ2) is 9.62. The fourth-order valence-corrected chi connectivity index (χ4v) is 3.52. The monoisotopic (exact) mass is 414 g/mol. The van der Waals surface area contributed by atoms with E-state index >= 15 is 0 Å². The number of hydrogen-bond donors (Lipinski definition) is 2. The van der Waals surface area contributed by atoms with Gasteiger partial charge >= 0.3 is 0 Å². The van der Waals surface area contributed by atoms with Gasteiger partial charge in [0.15, 0.2) is 6.29 Å². The van der Waals surface area contributed by atoms with Crippen LogP contribution in [0.1, 0.15) is 35.7 Å². The molecule has 1 fully saturated rings. The van der Waals surface area contributed by atoms with E-state index in [4.69, 9.17) is 5.73 Å². The topological polar surface area (TPSA) is 104 Å². The Labute approximate surface area is 175 Å². The van der Waals surface area contributed by atoms with Gasteiger partial charge in [-0.25, -0.2) is 14.4 Å². The van der Waals surface area contributed by atoms with Crippen molar-refractivity contribution in [1.82, 2.24) is 20.2 Å². The highest BCUT2D eigenvalue weighted by molar-refractivity contribution is 5.89. The molecule has 1 unspecified atom stereocenters. The van der Waals surface area contributed by atoms with Crippen molar-refractivity contribution in [2.75, 3.05) is 43.4 Å². The maximum Gasteiger partial charge on any atom is 0.231 e. The van der Waals surface area contributed by atoms with Gasteiger partial charge in [-0.15, -0.1) is 0 Å². The molecule has 160 valence electrons. The highest BCUT2D eigenvalue weighted by Crippen LogP contribution is 2.23. The SMILES string of the molecule is CC(C)NCC(C(=O)N1CCN(c2ncnc(N)c2C=O)CC1)c1ccc(F)cc1. The third-order valence-corrected chi connectivity index (χ3v) is 5.20. The molecule has 1 aliphatic heterocycles. The average Bonchev–Trinajstić information content (AvgIpc) is 2.74. The van der Waals surface area contributed by atoms with Crippen molar-refractivity contribution in [3.63, 3.8) is 0 Å². The van der Waals surface area contributed by atoms with Crippen LogP contribution in [0.4, 0.5) is 16.0 Å². The minimum absolute atomic E-state index is 0.00720. The number of piperazine rings is 1. The third kappa shape index (κ3) is 4.91. The van der Waals surface area contributed by atoms with Crippen LogP contribution in [0, 0.1) is 5.82 Å². The molecule has 2 heterocycles. The Bertz CT molecular complexity index is 882. The van der Waals surface area contributed by atoms with Gasteiger partial charge in [-0.05, 0) is 17.7 Å². The molecular formula is C21H27FN6O2. The largest absolute Gasteiger partial charge is 0.383 e. The number of carbonyl (C=O) groups is 2. The van der Waals surface area contributed by atoms with E-state index < -0.39 is 5.92 Å². The van der Waals surface area contributed by atoms with Crippen molar-refractivity contribution in [3.05, 3.63) is 47.5 Å². The molecule has 3 N–H and O–H groups in total. The van der Waals surface area contributed by atoms with Crippen LogP contribution in [0.25, 0.3) is 0 Å². The molecule has 1 saturated heterocycles. The second-order valence-corrected chi connectivity index (χ2v) is 7.59. The summed E-state index contributed by atoms with van der Waals surface area (Å²) in [5.74, 6) is -0.108. The Hall–Kier alpha value is -3.07. The molecule has 30 heavy (non-hydrogen) atoms. The Balaban J connectivity index is 1.72. The normalized spacial score (nSPS) is 15.3. The van der Waals surface area contributed by atoms with Crippen LogP contribution in [-0.2, 0) is 4.79 Å². The van der Waals surface area contributed by atoms with Crippen molar-refractivity contribution >= 4 is 23.8 Å². The lowest BCUT2D eigenvalue weighted by atomic mass is 9.96. The summed E-state index contributed by atoms with van der Waals surface area (Å²) in [4.78, 5) is 36.5. The lowest BCUT2D eigenvalue weighted by Crippen LogP contribution is -2.51. The standard InChI is InChI=1S/C21H27FN6O2/c1-14(2)24-11-17(15-3-5-16(22)6-4-15)21(30)28-9-7-27(8-10-28)20-18(12-29)19(23)25-13-26-20/h3-6,12-14,17,24H,7-11H2,1-2H3,(H2,23,25,26). The van der Waals surface area contributed by atoms with E-state index in [-0.39, 0.29) is 29.1 Å². The zero-order valence-corrected chi connectivity index (χ0v) is 17.2. The Kier molecular flexibility index (Phi) is 6.94. The number of nitrogens with one attached hydrogen (secondary N) is 1. The lowest BCUT2D eigenvalue weighted by Gasteiger charge is -2.37. The number of nitrogen functional groups attached to an aromatic ring is 1. The maximum absolute atomic E-state index is 13.4. The van der Waals surface area contributed by atoms with E-state index in [0.717, 1.165) is 5.56 Å². The Morgan fingerprint density at radius 3 is 2.47 bits per heavy atom. The number of halogens is 1. The van der Waals surface area contributed by atoms with Crippen LogP contribution in [0.5, 0.6) is 0 Å². The summed E-state index contributed by atoms with van der Waals surface area (Å²) in [5.41, 5.74) is 6.83. The molecule has 8 nitrogen and oxygen atoms in total. The van der Waals surface area contributed by atoms with E-state index in [2.05, 4.69) is 15.3 Å². The van der Waals surface area contributed by atoms with Crippen LogP contribution < -0.4 is 16.0 Å². The molecule has 1 aliphatic rings. The molecule has 1 aromatic carbocycles. The molecule has 0 aliphatic carbocycles. The molecule has 1 aromatic heterocycles. The first-order valence-corrected chi connectivity index (χ1v) is 9.99. The van der Waals surface area contributed by atoms with Crippen LogP contribution in [0.15, 0.2) is 30.6 Å². The molecule has 0 spiro atoms. The number of carbonyl (C=O) groups excluding carboxylic acids is 2. The fraction of sp³-hybridized carbons (Fsp3) is 0.429. The van der Waals surface area contributed by atoms with E-state index in [1.807, 2.05) is 18.7 Å². The predicted molar refractivity (Wildman–Crippen MR) is 113 cm³/mol. The summed E-state index contributed by atoms with van der Waals surface area (Å²) in [6.07, 6.45) is 1.99. The summed E-state index contributed by atoms with van der Waals surface area (Å²) < 4.78 is 13.4. The highest BCUT2D eigenvalue weighted by Gasteiger charge is 2.30. The van der Waals surface area contributed by atoms with E-state index in [1.54, 1.807) is 17.0 Å². The van der Waals surface area contributed by atoms with Gasteiger partial charge in [0.1, 0.15) is 23.8 Å². The molecular weight excluding hydrogens is 387 g/mol. The van der Waals surface area contributed by atoms with Crippen molar-refractivity contribution in [2.45, 2.75) is 25.8 Å². The second-order valence-electron chi connectivity index (χ2n) is 7.59. The first-order valence-electron chi connectivity index (χ1n) is 9.99. The molecule has 1 atom stereocenters. The maximum atomic E-state index is 13.4. The minimum Gasteiger partial charge on any atom is -0.383 e. The number of rotatable bonds is 7. The van der Waals surface area contributed by atoms with Crippen molar-refractivity contribution in [1.29, 1.82) is 0 Å². The van der Waals surface area contributed by atoms with Gasteiger partial charge in [-0.2, -0.15) is 0 Å². The van der Waals surface area contributed by atoms with E-state index in [1.165, 1.54) is 18.5 Å². The predicted octanol–water partition coefficient (Wildman–Crippen LogP) is 1.44. The first-order chi connectivity index (χ1) is 14.4. The van der Waals surface area contributed by atoms with Crippen molar-refractivity contribution in [3.8, 4) is 0 Å². The number of hydrogen-bond acceptors (Lipinski definition) is 7. The molecule has 3 rings (SSSR count). The van der Waals surface area contributed by atoms with Gasteiger partial charge in [0.2, 0.25) is 5.91 Å². The van der Waals surface area contributed by atoms with Gasteiger partial charge in [0, 0.05) is 38.8 Å². The van der Waals surface area contributed by atoms with Crippen LogP contribution >= 0.6 is 0 Å². The number of nitrogens with zero attached hydrogens (tertiary/aromatic N) is 4. The summed E-state index contributed by atoms with van der Waals surface area (Å²) in [6.45, 7) is 6.53. The number of anilines is 2. The van der Waals surface area contributed by atoms with Crippen LogP contribution in [0.3, 0.4) is 0 Å². The fourth-order valence-electron chi connectivity index (χ4n) is 3.52. The number of aldehydes is 1. The quantitative estimate of drug-likeness (QED) is 0.661. The van der Waals surface area contributed by atoms with Gasteiger partial charge in [0.25, 0.3) is 0 Å². The van der Waals surface area contributed by atoms with Crippen LogP contribution in [0.2, 0.25) is 0 Å². The number of aromatic nitrogens is 2. The highest BCUT2D eigenvalue weighted by atomic mass is 19.1. The van der Waals surface area contributed by atoms with Crippen LogP contribution in [-0.4, -0.2) is 65.8 Å². The Morgan fingerprint density at radius 1 is 1.20 bits per heavy atom. The van der Waals surface area contributed by atoms with Gasteiger partial charge in [0.05, 0.1) is 11.5 Å². The Morgan fingerprint density at radius 2 is 1.87 bits per heavy atom. The molecule has 0 bridgehead atoms. The third-order valence-electron chi connectivity index (χ3n) is 5.20. The van der Waals surface area contributed by atoms with Crippen molar-refractivity contribution < 1.29 is 14.0 Å². The number of benzene rings is 1. The molecule has 2 aromatic rings. The smallest absolute Gasteiger partial charge is 0.231 e. The lowest BCUT2D eigenvalue weighted by molar-refractivity contribution is -0.133. The zero-order valence-electron chi connectivity index (χ0n) is 17.2. The first kappa shape index (κ1) is 21.6. The summed E-state index contributed by atoms with van der Waals surface area (Å²) in [7, 11) is 0. The van der Waals surface area contributed by atoms with E-state index in [9.17, 15) is 14.0 Å². The summed E-state index contributed by atoms with van der Waals surface area (Å²) in [5, 5.41) is 3.31. The van der Waals surface area contributed by atoms with Gasteiger partial charge < -0.3 is 20.9 Å².